The van der Waals surface area contributed by atoms with E-state index in [2.05, 4.69) is 24.1 Å². The Morgan fingerprint density at radius 2 is 1.48 bits per heavy atom. The molecule has 160 valence electrons. The normalized spacial score (nSPS) is 13.8. The molecule has 4 nitrogen and oxygen atoms in total. The Bertz CT molecular complexity index is 1020. The largest absolute Gasteiger partial charge is 0.457 e. The van der Waals surface area contributed by atoms with E-state index in [0.29, 0.717) is 6.54 Å². The molecule has 0 radical (unpaired) electrons. The van der Waals surface area contributed by atoms with Gasteiger partial charge in [0.1, 0.15) is 11.5 Å². The Labute approximate surface area is 188 Å². The third kappa shape index (κ3) is 4.32. The number of nitrogens with zero attached hydrogens (tertiary/aromatic N) is 1. The quantitative estimate of drug-likeness (QED) is 0.512. The van der Waals surface area contributed by atoms with Gasteiger partial charge in [0.05, 0.1) is 12.0 Å². The van der Waals surface area contributed by atoms with Gasteiger partial charge in [0.15, 0.2) is 0 Å². The first-order valence-electron chi connectivity index (χ1n) is 10.8. The number of hydrogen-bond donors (Lipinski definition) is 1. The van der Waals surface area contributed by atoms with Crippen LogP contribution in [0.25, 0.3) is 0 Å². The second-order valence-electron chi connectivity index (χ2n) is 7.61. The summed E-state index contributed by atoms with van der Waals surface area (Å²) in [4.78, 5) is 15.8. The summed E-state index contributed by atoms with van der Waals surface area (Å²) in [5, 5.41) is 3.93. The highest BCUT2D eigenvalue weighted by atomic mass is 35.5. The van der Waals surface area contributed by atoms with Crippen molar-refractivity contribution >= 4 is 17.5 Å². The van der Waals surface area contributed by atoms with Crippen LogP contribution in [0.5, 0.6) is 11.5 Å². The minimum atomic E-state index is -0.412. The zero-order valence-corrected chi connectivity index (χ0v) is 18.6. The number of ether oxygens (including phenoxy) is 1. The van der Waals surface area contributed by atoms with E-state index in [0.717, 1.165) is 46.3 Å². The summed E-state index contributed by atoms with van der Waals surface area (Å²) in [7, 11) is 0. The van der Waals surface area contributed by atoms with Gasteiger partial charge in [-0.1, -0.05) is 80.0 Å². The minimum absolute atomic E-state index is 0.00187. The number of halogens is 1. The van der Waals surface area contributed by atoms with Crippen molar-refractivity contribution in [2.75, 3.05) is 19.6 Å². The molecule has 0 aromatic heterocycles. The number of carbonyl (C=O) groups is 1. The zero-order chi connectivity index (χ0) is 21.8. The number of para-hydroxylation sites is 2. The van der Waals surface area contributed by atoms with Crippen LogP contribution in [0.3, 0.4) is 0 Å². The van der Waals surface area contributed by atoms with Gasteiger partial charge in [-0.2, -0.15) is 0 Å². The molecule has 3 aromatic carbocycles. The molecule has 0 bridgehead atoms. The fourth-order valence-corrected chi connectivity index (χ4v) is 4.60. The van der Waals surface area contributed by atoms with Crippen LogP contribution in [0.2, 0.25) is 5.02 Å². The Balaban J connectivity index is 1.62. The average Bonchev–Trinajstić information content (AvgIpc) is 2.80. The lowest BCUT2D eigenvalue weighted by molar-refractivity contribution is -0.122. The number of likely N-dealkylation sites (N-methyl/N-ethyl adjacent to an activating group) is 1. The van der Waals surface area contributed by atoms with Crippen LogP contribution in [-0.4, -0.2) is 30.4 Å². The highest BCUT2D eigenvalue weighted by Gasteiger charge is 2.33. The van der Waals surface area contributed by atoms with E-state index in [1.54, 1.807) is 0 Å². The summed E-state index contributed by atoms with van der Waals surface area (Å²) in [6.45, 7) is 6.46. The molecule has 0 unspecified atom stereocenters. The summed E-state index contributed by atoms with van der Waals surface area (Å²) in [6.07, 6.45) is 0. The SMILES string of the molecule is CCN(CC)[C@@H](CNC(=O)C1c2ccccc2Oc2ccccc21)c1ccccc1Cl. The fourth-order valence-electron chi connectivity index (χ4n) is 4.34. The summed E-state index contributed by atoms with van der Waals surface area (Å²) >= 11 is 6.52. The van der Waals surface area contributed by atoms with Crippen molar-refractivity contribution < 1.29 is 9.53 Å². The smallest absolute Gasteiger partial charge is 0.232 e. The maximum atomic E-state index is 13.5. The van der Waals surface area contributed by atoms with Crippen molar-refractivity contribution in [3.63, 3.8) is 0 Å². The minimum Gasteiger partial charge on any atom is -0.457 e. The molecule has 3 aromatic rings. The standard InChI is InChI=1S/C26H27ClN2O2/c1-3-29(4-2)22(18-11-5-8-14-21(18)27)17-28-26(30)25-19-12-6-9-15-23(19)31-24-16-10-7-13-20(24)25/h5-16,22,25H,3-4,17H2,1-2H3,(H,28,30)/t22-/m0/s1. The van der Waals surface area contributed by atoms with Gasteiger partial charge >= 0.3 is 0 Å². The number of benzene rings is 3. The monoisotopic (exact) mass is 434 g/mol. The van der Waals surface area contributed by atoms with Gasteiger partial charge in [-0.25, -0.2) is 0 Å². The van der Waals surface area contributed by atoms with Crippen molar-refractivity contribution in [1.29, 1.82) is 0 Å². The van der Waals surface area contributed by atoms with E-state index in [1.807, 2.05) is 72.8 Å². The zero-order valence-electron chi connectivity index (χ0n) is 17.8. The molecule has 1 heterocycles. The highest BCUT2D eigenvalue weighted by Crippen LogP contribution is 2.44. The second-order valence-corrected chi connectivity index (χ2v) is 8.02. The van der Waals surface area contributed by atoms with Gasteiger partial charge in [0.25, 0.3) is 0 Å². The number of nitrogens with one attached hydrogen (secondary N) is 1. The Hall–Kier alpha value is -2.82. The molecule has 0 saturated heterocycles. The van der Waals surface area contributed by atoms with E-state index in [1.165, 1.54) is 0 Å². The number of amides is 1. The molecule has 0 fully saturated rings. The summed E-state index contributed by atoms with van der Waals surface area (Å²) < 4.78 is 6.04. The van der Waals surface area contributed by atoms with Crippen LogP contribution in [0, 0.1) is 0 Å². The molecule has 1 atom stereocenters. The van der Waals surface area contributed by atoms with Gasteiger partial charge < -0.3 is 10.1 Å². The van der Waals surface area contributed by atoms with Crippen LogP contribution in [0.15, 0.2) is 72.8 Å². The summed E-state index contributed by atoms with van der Waals surface area (Å²) in [6, 6.07) is 23.3. The van der Waals surface area contributed by atoms with Crippen LogP contribution in [0.1, 0.15) is 42.5 Å². The first kappa shape index (κ1) is 21.4. The van der Waals surface area contributed by atoms with Crippen molar-refractivity contribution in [2.45, 2.75) is 25.8 Å². The third-order valence-electron chi connectivity index (χ3n) is 5.93. The topological polar surface area (TPSA) is 41.6 Å². The number of fused-ring (bicyclic) bond motifs is 2. The fraction of sp³-hybridized carbons (Fsp3) is 0.269. The van der Waals surface area contributed by atoms with Crippen LogP contribution >= 0.6 is 11.6 Å². The third-order valence-corrected chi connectivity index (χ3v) is 6.27. The molecule has 1 amide bonds. The van der Waals surface area contributed by atoms with Gasteiger partial charge in [-0.15, -0.1) is 0 Å². The van der Waals surface area contributed by atoms with Crippen molar-refractivity contribution in [3.05, 3.63) is 94.5 Å². The number of hydrogen-bond acceptors (Lipinski definition) is 3. The van der Waals surface area contributed by atoms with E-state index in [9.17, 15) is 4.79 Å². The maximum Gasteiger partial charge on any atom is 0.232 e. The lowest BCUT2D eigenvalue weighted by Gasteiger charge is -2.32. The molecule has 1 aliphatic rings. The molecule has 4 rings (SSSR count). The highest BCUT2D eigenvalue weighted by molar-refractivity contribution is 6.31. The van der Waals surface area contributed by atoms with Crippen LogP contribution in [-0.2, 0) is 4.79 Å². The maximum absolute atomic E-state index is 13.5. The Morgan fingerprint density at radius 1 is 0.935 bits per heavy atom. The Morgan fingerprint density at radius 3 is 2.06 bits per heavy atom. The van der Waals surface area contributed by atoms with Crippen molar-refractivity contribution in [1.82, 2.24) is 10.2 Å². The molecule has 5 heteroatoms. The van der Waals surface area contributed by atoms with Crippen LogP contribution < -0.4 is 10.1 Å². The number of rotatable bonds is 7. The molecule has 1 aliphatic heterocycles. The molecule has 0 spiro atoms. The summed E-state index contributed by atoms with van der Waals surface area (Å²) in [5.41, 5.74) is 2.80. The molecule has 0 saturated carbocycles. The molecule has 31 heavy (non-hydrogen) atoms. The predicted octanol–water partition coefficient (Wildman–Crippen LogP) is 5.78. The molecular weight excluding hydrogens is 408 g/mol. The van der Waals surface area contributed by atoms with E-state index >= 15 is 0 Å². The van der Waals surface area contributed by atoms with E-state index in [-0.39, 0.29) is 11.9 Å². The molecule has 1 N–H and O–H groups in total. The van der Waals surface area contributed by atoms with Crippen LogP contribution in [0.4, 0.5) is 0 Å². The predicted molar refractivity (Wildman–Crippen MR) is 125 cm³/mol. The number of carbonyl (C=O) groups excluding carboxylic acids is 1. The van der Waals surface area contributed by atoms with Gasteiger partial charge in [0, 0.05) is 22.7 Å². The summed E-state index contributed by atoms with van der Waals surface area (Å²) in [5.74, 6) is 1.01. The first-order valence-corrected chi connectivity index (χ1v) is 11.1. The van der Waals surface area contributed by atoms with Crippen molar-refractivity contribution in [3.8, 4) is 11.5 Å². The van der Waals surface area contributed by atoms with Gasteiger partial charge in [0.2, 0.25) is 5.91 Å². The first-order chi connectivity index (χ1) is 15.1. The molecule has 0 aliphatic carbocycles. The van der Waals surface area contributed by atoms with E-state index < -0.39 is 5.92 Å². The lowest BCUT2D eigenvalue weighted by atomic mass is 9.87. The second kappa shape index (κ2) is 9.54. The van der Waals surface area contributed by atoms with E-state index in [4.69, 9.17) is 16.3 Å². The van der Waals surface area contributed by atoms with Gasteiger partial charge in [-0.3, -0.25) is 9.69 Å². The Kier molecular flexibility index (Phi) is 6.59. The van der Waals surface area contributed by atoms with Gasteiger partial charge in [-0.05, 0) is 36.9 Å². The lowest BCUT2D eigenvalue weighted by Crippen LogP contribution is -2.40. The molecular formula is C26H27ClN2O2. The van der Waals surface area contributed by atoms with Crippen molar-refractivity contribution in [2.24, 2.45) is 0 Å². The average molecular weight is 435 g/mol.